The van der Waals surface area contributed by atoms with Crippen LogP contribution in [0.2, 0.25) is 0 Å². The van der Waals surface area contributed by atoms with Crippen molar-refractivity contribution in [3.63, 3.8) is 0 Å². The highest BCUT2D eigenvalue weighted by molar-refractivity contribution is 5.98. The maximum atomic E-state index is 12.1. The summed E-state index contributed by atoms with van der Waals surface area (Å²) in [5.74, 6) is -0.753. The molecule has 25 heavy (non-hydrogen) atoms. The molecule has 0 bridgehead atoms. The van der Waals surface area contributed by atoms with Crippen LogP contribution in [0.5, 0.6) is 0 Å². The van der Waals surface area contributed by atoms with Crippen molar-refractivity contribution in [3.8, 4) is 0 Å². The Morgan fingerprint density at radius 2 is 1.88 bits per heavy atom. The number of hydrogen-bond donors (Lipinski definition) is 0. The molecule has 2 aromatic rings. The van der Waals surface area contributed by atoms with Gasteiger partial charge in [0.2, 0.25) is 0 Å². The summed E-state index contributed by atoms with van der Waals surface area (Å²) in [6, 6.07) is 7.43. The average Bonchev–Trinajstić information content (AvgIpc) is 2.84. The number of aryl methyl sites for hydroxylation is 3. The largest absolute Gasteiger partial charge is 0.454 e. The van der Waals surface area contributed by atoms with Gasteiger partial charge in [-0.2, -0.15) is 5.10 Å². The summed E-state index contributed by atoms with van der Waals surface area (Å²) in [7, 11) is 1.85. The Hall–Kier alpha value is -2.69. The zero-order valence-electron chi connectivity index (χ0n) is 15.2. The lowest BCUT2D eigenvalue weighted by Gasteiger charge is -2.04. The normalized spacial score (nSPS) is 11.0. The number of esters is 1. The molecule has 0 aliphatic heterocycles. The summed E-state index contributed by atoms with van der Waals surface area (Å²) in [5.41, 5.74) is 4.44. The van der Waals surface area contributed by atoms with E-state index in [0.29, 0.717) is 5.56 Å². The van der Waals surface area contributed by atoms with E-state index in [-0.39, 0.29) is 12.4 Å². The van der Waals surface area contributed by atoms with Crippen LogP contribution >= 0.6 is 0 Å². The third-order valence-corrected chi connectivity index (χ3v) is 4.11. The first-order valence-electron chi connectivity index (χ1n) is 8.39. The molecule has 0 spiro atoms. The van der Waals surface area contributed by atoms with Crippen molar-refractivity contribution < 1.29 is 14.3 Å². The quantitative estimate of drug-likeness (QED) is 0.440. The van der Waals surface area contributed by atoms with Gasteiger partial charge in [-0.3, -0.25) is 9.48 Å². The van der Waals surface area contributed by atoms with E-state index in [1.165, 1.54) is 11.6 Å². The highest BCUT2D eigenvalue weighted by Crippen LogP contribution is 2.13. The minimum Gasteiger partial charge on any atom is -0.454 e. The van der Waals surface area contributed by atoms with Crippen LogP contribution in [0.3, 0.4) is 0 Å². The zero-order chi connectivity index (χ0) is 18.4. The summed E-state index contributed by atoms with van der Waals surface area (Å²) < 4.78 is 6.80. The van der Waals surface area contributed by atoms with E-state index in [0.717, 1.165) is 29.8 Å². The second kappa shape index (κ2) is 8.42. The second-order valence-electron chi connectivity index (χ2n) is 6.02. The fourth-order valence-electron chi connectivity index (χ4n) is 2.60. The molecule has 5 nitrogen and oxygen atoms in total. The van der Waals surface area contributed by atoms with E-state index in [1.54, 1.807) is 22.9 Å². The van der Waals surface area contributed by atoms with Gasteiger partial charge >= 0.3 is 5.97 Å². The molecule has 0 N–H and O–H groups in total. The van der Waals surface area contributed by atoms with Gasteiger partial charge in [-0.15, -0.1) is 0 Å². The molecule has 5 heteroatoms. The van der Waals surface area contributed by atoms with Crippen molar-refractivity contribution in [2.45, 2.75) is 33.6 Å². The Morgan fingerprint density at radius 1 is 1.20 bits per heavy atom. The van der Waals surface area contributed by atoms with Gasteiger partial charge in [-0.1, -0.05) is 37.6 Å². The number of ether oxygens (including phenoxy) is 1. The molecule has 1 aromatic heterocycles. The molecule has 0 saturated carbocycles. The highest BCUT2D eigenvalue weighted by atomic mass is 16.5. The number of aromatic nitrogens is 2. The minimum absolute atomic E-state index is 0.210. The van der Waals surface area contributed by atoms with Crippen LogP contribution in [0.4, 0.5) is 0 Å². The number of carbonyl (C=O) groups is 2. The molecule has 0 saturated heterocycles. The van der Waals surface area contributed by atoms with Crippen molar-refractivity contribution in [1.82, 2.24) is 9.78 Å². The van der Waals surface area contributed by atoms with Crippen LogP contribution < -0.4 is 0 Å². The molecule has 1 aromatic carbocycles. The molecule has 0 aliphatic rings. The first kappa shape index (κ1) is 18.6. The zero-order valence-corrected chi connectivity index (χ0v) is 15.2. The van der Waals surface area contributed by atoms with Crippen molar-refractivity contribution in [2.75, 3.05) is 6.61 Å². The molecule has 0 amide bonds. The smallest absolute Gasteiger partial charge is 0.331 e. The first-order valence-corrected chi connectivity index (χ1v) is 8.39. The van der Waals surface area contributed by atoms with E-state index < -0.39 is 5.97 Å². The molecule has 2 rings (SSSR count). The molecule has 0 aliphatic carbocycles. The van der Waals surface area contributed by atoms with Gasteiger partial charge < -0.3 is 4.74 Å². The summed E-state index contributed by atoms with van der Waals surface area (Å²) in [6.07, 6.45) is 5.05. The Balaban J connectivity index is 1.90. The van der Waals surface area contributed by atoms with E-state index in [4.69, 9.17) is 4.74 Å². The SMILES string of the molecule is CCCc1ccc(C(=O)COC(=O)/C=C/c2c(C)nn(C)c2C)cc1. The van der Waals surface area contributed by atoms with E-state index >= 15 is 0 Å². The number of hydrogen-bond acceptors (Lipinski definition) is 4. The summed E-state index contributed by atoms with van der Waals surface area (Å²) >= 11 is 0. The van der Waals surface area contributed by atoms with Crippen LogP contribution in [-0.2, 0) is 23.0 Å². The molecule has 132 valence electrons. The molecule has 0 atom stereocenters. The van der Waals surface area contributed by atoms with Crippen LogP contribution in [0.1, 0.15) is 46.2 Å². The van der Waals surface area contributed by atoms with Crippen molar-refractivity contribution >= 4 is 17.8 Å². The van der Waals surface area contributed by atoms with Gasteiger partial charge in [0.25, 0.3) is 0 Å². The Labute approximate surface area is 148 Å². The monoisotopic (exact) mass is 340 g/mol. The van der Waals surface area contributed by atoms with Gasteiger partial charge in [0.15, 0.2) is 12.4 Å². The number of benzene rings is 1. The molecule has 0 fully saturated rings. The maximum Gasteiger partial charge on any atom is 0.331 e. The fourth-order valence-corrected chi connectivity index (χ4v) is 2.60. The van der Waals surface area contributed by atoms with Crippen LogP contribution in [0, 0.1) is 13.8 Å². The maximum absolute atomic E-state index is 12.1. The van der Waals surface area contributed by atoms with E-state index in [2.05, 4.69) is 12.0 Å². The number of rotatable bonds is 7. The standard InChI is InChI=1S/C20H24N2O3/c1-5-6-16-7-9-17(10-8-16)19(23)13-25-20(24)12-11-18-14(2)21-22(4)15(18)3/h7-12H,5-6,13H2,1-4H3/b12-11+. The summed E-state index contributed by atoms with van der Waals surface area (Å²) in [6.45, 7) is 5.66. The van der Waals surface area contributed by atoms with E-state index in [9.17, 15) is 9.59 Å². The summed E-state index contributed by atoms with van der Waals surface area (Å²) in [5, 5.41) is 4.28. The Kier molecular flexibility index (Phi) is 6.28. The lowest BCUT2D eigenvalue weighted by molar-refractivity contribution is -0.136. The second-order valence-corrected chi connectivity index (χ2v) is 6.02. The fraction of sp³-hybridized carbons (Fsp3) is 0.350. The number of carbonyl (C=O) groups excluding carboxylic acids is 2. The third kappa shape index (κ3) is 4.89. The van der Waals surface area contributed by atoms with Crippen molar-refractivity contribution in [1.29, 1.82) is 0 Å². The third-order valence-electron chi connectivity index (χ3n) is 4.11. The lowest BCUT2D eigenvalue weighted by Crippen LogP contribution is -2.12. The predicted molar refractivity (Wildman–Crippen MR) is 97.4 cm³/mol. The molecular formula is C20H24N2O3. The lowest BCUT2D eigenvalue weighted by atomic mass is 10.1. The van der Waals surface area contributed by atoms with Crippen LogP contribution in [-0.4, -0.2) is 28.1 Å². The summed E-state index contributed by atoms with van der Waals surface area (Å²) in [4.78, 5) is 23.9. The van der Waals surface area contributed by atoms with Gasteiger partial charge in [0.05, 0.1) is 5.69 Å². The van der Waals surface area contributed by atoms with Crippen molar-refractivity contribution in [3.05, 3.63) is 58.4 Å². The van der Waals surface area contributed by atoms with Crippen LogP contribution in [0.25, 0.3) is 6.08 Å². The highest BCUT2D eigenvalue weighted by Gasteiger charge is 2.10. The van der Waals surface area contributed by atoms with Gasteiger partial charge in [0.1, 0.15) is 0 Å². The van der Waals surface area contributed by atoms with E-state index in [1.807, 2.05) is 33.0 Å². The Bertz CT molecular complexity index is 786. The van der Waals surface area contributed by atoms with Gasteiger partial charge in [-0.25, -0.2) is 4.79 Å². The molecule has 0 unspecified atom stereocenters. The first-order chi connectivity index (χ1) is 11.9. The minimum atomic E-state index is -0.543. The number of nitrogens with zero attached hydrogens (tertiary/aromatic N) is 2. The Morgan fingerprint density at radius 3 is 2.44 bits per heavy atom. The van der Waals surface area contributed by atoms with Crippen LogP contribution in [0.15, 0.2) is 30.3 Å². The molecule has 0 radical (unpaired) electrons. The van der Waals surface area contributed by atoms with Gasteiger partial charge in [0, 0.05) is 29.9 Å². The number of Topliss-reactive ketones (excluding diaryl/α,β-unsaturated/α-hetero) is 1. The topological polar surface area (TPSA) is 61.2 Å². The van der Waals surface area contributed by atoms with Crippen molar-refractivity contribution in [2.24, 2.45) is 7.05 Å². The molecular weight excluding hydrogens is 316 g/mol. The number of ketones is 1. The molecule has 1 heterocycles. The average molecular weight is 340 g/mol. The predicted octanol–water partition coefficient (Wildman–Crippen LogP) is 3.43. The van der Waals surface area contributed by atoms with Gasteiger partial charge in [-0.05, 0) is 31.9 Å².